The van der Waals surface area contributed by atoms with Gasteiger partial charge < -0.3 is 15.3 Å². The number of aliphatic hydroxyl groups excluding tert-OH is 1. The molecule has 2 rings (SSSR count). The number of amides is 1. The summed E-state index contributed by atoms with van der Waals surface area (Å²) in [6.07, 6.45) is 0.481. The van der Waals surface area contributed by atoms with Gasteiger partial charge in [-0.3, -0.25) is 4.79 Å². The van der Waals surface area contributed by atoms with Crippen molar-refractivity contribution in [3.8, 4) is 0 Å². The number of hydrogen-bond donors (Lipinski definition) is 2. The molecule has 1 aliphatic heterocycles. The quantitative estimate of drug-likeness (QED) is 0.852. The first-order chi connectivity index (χ1) is 9.02. The highest BCUT2D eigenvalue weighted by atomic mass is 16.3. The summed E-state index contributed by atoms with van der Waals surface area (Å²) in [5.41, 5.74) is 3.08. The number of aliphatic hydroxyl groups is 1. The van der Waals surface area contributed by atoms with E-state index in [-0.39, 0.29) is 18.4 Å². The fourth-order valence-corrected chi connectivity index (χ4v) is 2.34. The van der Waals surface area contributed by atoms with E-state index in [2.05, 4.69) is 19.2 Å². The molecule has 19 heavy (non-hydrogen) atoms. The molecule has 0 spiro atoms. The highest BCUT2D eigenvalue weighted by Gasteiger charge is 2.23. The lowest BCUT2D eigenvalue weighted by Gasteiger charge is -2.19. The summed E-state index contributed by atoms with van der Waals surface area (Å²) >= 11 is 0. The van der Waals surface area contributed by atoms with Crippen LogP contribution in [0.5, 0.6) is 0 Å². The van der Waals surface area contributed by atoms with Gasteiger partial charge in [-0.15, -0.1) is 0 Å². The van der Waals surface area contributed by atoms with Crippen LogP contribution in [-0.4, -0.2) is 31.2 Å². The molecule has 0 saturated carbocycles. The minimum Gasteiger partial charge on any atom is -0.396 e. The minimum atomic E-state index is 0.141. The van der Waals surface area contributed by atoms with Crippen LogP contribution in [0.2, 0.25) is 0 Å². The number of carbonyl (C=O) groups is 1. The van der Waals surface area contributed by atoms with Crippen LogP contribution in [0.4, 0.5) is 11.4 Å². The Kier molecular flexibility index (Phi) is 4.10. The standard InChI is InChI=1S/C15H22N2O2/c1-10(2)12(9-18)8-16-13-4-5-14-11(6-13)7-15(19)17(14)3/h4-6,10,12,16,18H,7-9H2,1-3H3. The van der Waals surface area contributed by atoms with Gasteiger partial charge in [0.15, 0.2) is 0 Å². The summed E-state index contributed by atoms with van der Waals surface area (Å²) in [5, 5.41) is 12.7. The number of rotatable bonds is 5. The number of hydrogen-bond acceptors (Lipinski definition) is 3. The zero-order valence-corrected chi connectivity index (χ0v) is 11.8. The number of benzene rings is 1. The molecule has 4 nitrogen and oxygen atoms in total. The zero-order valence-electron chi connectivity index (χ0n) is 11.8. The maximum atomic E-state index is 11.6. The van der Waals surface area contributed by atoms with Gasteiger partial charge in [0.05, 0.1) is 6.42 Å². The fourth-order valence-electron chi connectivity index (χ4n) is 2.34. The molecule has 1 heterocycles. The maximum absolute atomic E-state index is 11.6. The molecule has 1 unspecified atom stereocenters. The molecule has 0 radical (unpaired) electrons. The lowest BCUT2D eigenvalue weighted by atomic mass is 9.97. The highest BCUT2D eigenvalue weighted by molar-refractivity contribution is 6.01. The van der Waals surface area contributed by atoms with Gasteiger partial charge in [-0.25, -0.2) is 0 Å². The number of likely N-dealkylation sites (N-methyl/N-ethyl adjacent to an activating group) is 1. The molecule has 4 heteroatoms. The SMILES string of the molecule is CC(C)C(CO)CNc1ccc2c(c1)CC(=O)N2C. The molecule has 0 bridgehead atoms. The number of carbonyl (C=O) groups excluding carboxylic acids is 1. The van der Waals surface area contributed by atoms with E-state index in [9.17, 15) is 9.90 Å². The van der Waals surface area contributed by atoms with Gasteiger partial charge in [-0.1, -0.05) is 13.8 Å². The van der Waals surface area contributed by atoms with Crippen molar-refractivity contribution in [1.82, 2.24) is 0 Å². The molecule has 1 atom stereocenters. The third-order valence-electron chi connectivity index (χ3n) is 3.90. The van der Waals surface area contributed by atoms with Crippen LogP contribution in [0.1, 0.15) is 19.4 Å². The van der Waals surface area contributed by atoms with Crippen molar-refractivity contribution >= 4 is 17.3 Å². The van der Waals surface area contributed by atoms with E-state index in [0.29, 0.717) is 12.3 Å². The molecule has 104 valence electrons. The number of anilines is 2. The molecular formula is C15H22N2O2. The highest BCUT2D eigenvalue weighted by Crippen LogP contribution is 2.30. The van der Waals surface area contributed by atoms with Gasteiger partial charge in [-0.05, 0) is 29.7 Å². The average Bonchev–Trinajstić information content (AvgIpc) is 2.65. The number of nitrogens with zero attached hydrogens (tertiary/aromatic N) is 1. The molecule has 0 aromatic heterocycles. The molecular weight excluding hydrogens is 240 g/mol. The minimum absolute atomic E-state index is 0.141. The normalized spacial score (nSPS) is 15.8. The Bertz CT molecular complexity index is 471. The second kappa shape index (κ2) is 5.61. The first-order valence-electron chi connectivity index (χ1n) is 6.77. The van der Waals surface area contributed by atoms with E-state index >= 15 is 0 Å². The number of fused-ring (bicyclic) bond motifs is 1. The van der Waals surface area contributed by atoms with Crippen molar-refractivity contribution in [2.24, 2.45) is 11.8 Å². The van der Waals surface area contributed by atoms with Crippen molar-refractivity contribution in [3.63, 3.8) is 0 Å². The summed E-state index contributed by atoms with van der Waals surface area (Å²) in [6.45, 7) is 5.16. The Balaban J connectivity index is 2.04. The Hall–Kier alpha value is -1.55. The van der Waals surface area contributed by atoms with E-state index in [1.807, 2.05) is 25.2 Å². The van der Waals surface area contributed by atoms with Crippen molar-refractivity contribution in [2.75, 3.05) is 30.4 Å². The number of nitrogens with one attached hydrogen (secondary N) is 1. The third kappa shape index (κ3) is 2.89. The summed E-state index contributed by atoms with van der Waals surface area (Å²) in [6, 6.07) is 6.00. The molecule has 1 amide bonds. The van der Waals surface area contributed by atoms with Crippen molar-refractivity contribution < 1.29 is 9.90 Å². The van der Waals surface area contributed by atoms with Crippen LogP contribution >= 0.6 is 0 Å². The summed E-state index contributed by atoms with van der Waals surface area (Å²) in [4.78, 5) is 13.3. The first kappa shape index (κ1) is 13.9. The lowest BCUT2D eigenvalue weighted by molar-refractivity contribution is -0.117. The van der Waals surface area contributed by atoms with E-state index in [1.54, 1.807) is 4.90 Å². The average molecular weight is 262 g/mol. The van der Waals surface area contributed by atoms with E-state index in [0.717, 1.165) is 23.5 Å². The van der Waals surface area contributed by atoms with Gasteiger partial charge in [0, 0.05) is 37.5 Å². The fraction of sp³-hybridized carbons (Fsp3) is 0.533. The topological polar surface area (TPSA) is 52.6 Å². The predicted octanol–water partition coefficient (Wildman–Crippen LogP) is 1.88. The molecule has 0 fully saturated rings. The summed E-state index contributed by atoms with van der Waals surface area (Å²) in [5.74, 6) is 0.833. The van der Waals surface area contributed by atoms with Crippen LogP contribution < -0.4 is 10.2 Å². The van der Waals surface area contributed by atoms with Crippen molar-refractivity contribution in [2.45, 2.75) is 20.3 Å². The Morgan fingerprint density at radius 2 is 2.16 bits per heavy atom. The third-order valence-corrected chi connectivity index (χ3v) is 3.90. The van der Waals surface area contributed by atoms with E-state index < -0.39 is 0 Å². The van der Waals surface area contributed by atoms with Gasteiger partial charge in [0.2, 0.25) is 5.91 Å². The van der Waals surface area contributed by atoms with Gasteiger partial charge in [-0.2, -0.15) is 0 Å². The van der Waals surface area contributed by atoms with Crippen molar-refractivity contribution in [3.05, 3.63) is 23.8 Å². The molecule has 1 aromatic carbocycles. The second-order valence-corrected chi connectivity index (χ2v) is 5.54. The largest absolute Gasteiger partial charge is 0.396 e. The molecule has 1 aromatic rings. The van der Waals surface area contributed by atoms with E-state index in [4.69, 9.17) is 0 Å². The molecule has 0 saturated heterocycles. The first-order valence-corrected chi connectivity index (χ1v) is 6.77. The lowest BCUT2D eigenvalue weighted by Crippen LogP contribution is -2.23. The van der Waals surface area contributed by atoms with Crippen LogP contribution in [0.25, 0.3) is 0 Å². The monoisotopic (exact) mass is 262 g/mol. The maximum Gasteiger partial charge on any atom is 0.231 e. The predicted molar refractivity (Wildman–Crippen MR) is 77.5 cm³/mol. The Morgan fingerprint density at radius 3 is 2.79 bits per heavy atom. The van der Waals surface area contributed by atoms with Crippen molar-refractivity contribution in [1.29, 1.82) is 0 Å². The molecule has 0 aliphatic carbocycles. The van der Waals surface area contributed by atoms with Crippen LogP contribution in [0.15, 0.2) is 18.2 Å². The molecule has 1 aliphatic rings. The van der Waals surface area contributed by atoms with E-state index in [1.165, 1.54) is 0 Å². The van der Waals surface area contributed by atoms with Crippen LogP contribution in [-0.2, 0) is 11.2 Å². The van der Waals surface area contributed by atoms with Gasteiger partial charge in [0.1, 0.15) is 0 Å². The Morgan fingerprint density at radius 1 is 1.42 bits per heavy atom. The van der Waals surface area contributed by atoms with Gasteiger partial charge >= 0.3 is 0 Å². The summed E-state index contributed by atoms with van der Waals surface area (Å²) in [7, 11) is 1.81. The van der Waals surface area contributed by atoms with Crippen LogP contribution in [0, 0.1) is 11.8 Å². The zero-order chi connectivity index (χ0) is 14.0. The van der Waals surface area contributed by atoms with Crippen LogP contribution in [0.3, 0.4) is 0 Å². The second-order valence-electron chi connectivity index (χ2n) is 5.54. The smallest absolute Gasteiger partial charge is 0.231 e. The van der Waals surface area contributed by atoms with Gasteiger partial charge in [0.25, 0.3) is 0 Å². The summed E-state index contributed by atoms with van der Waals surface area (Å²) < 4.78 is 0. The molecule has 2 N–H and O–H groups in total. The Labute approximate surface area is 114 Å².